The summed E-state index contributed by atoms with van der Waals surface area (Å²) in [6.07, 6.45) is 1.79. The van der Waals surface area contributed by atoms with Crippen LogP contribution in [0.15, 0.2) is 23.1 Å². The summed E-state index contributed by atoms with van der Waals surface area (Å²) in [5.74, 6) is -3.71. The Labute approximate surface area is 131 Å². The predicted molar refractivity (Wildman–Crippen MR) is 75.7 cm³/mol. The van der Waals surface area contributed by atoms with E-state index in [-0.39, 0.29) is 18.5 Å². The van der Waals surface area contributed by atoms with Gasteiger partial charge in [0.1, 0.15) is 11.6 Å². The molecule has 2 amide bonds. The molecule has 3 N–H and O–H groups in total. The van der Waals surface area contributed by atoms with E-state index in [9.17, 15) is 26.8 Å². The van der Waals surface area contributed by atoms with Gasteiger partial charge in [0, 0.05) is 6.04 Å². The first-order chi connectivity index (χ1) is 10.8. The molecule has 0 aromatic heterocycles. The number of sulfonamides is 1. The van der Waals surface area contributed by atoms with Crippen LogP contribution in [0.2, 0.25) is 0 Å². The van der Waals surface area contributed by atoms with Gasteiger partial charge < -0.3 is 10.6 Å². The number of amides is 2. The van der Waals surface area contributed by atoms with Crippen LogP contribution in [0.25, 0.3) is 0 Å². The van der Waals surface area contributed by atoms with Gasteiger partial charge in [0.15, 0.2) is 4.90 Å². The third-order valence-corrected chi connectivity index (χ3v) is 4.45. The number of carbonyl (C=O) groups is 2. The lowest BCUT2D eigenvalue weighted by Gasteiger charge is -2.09. The topological polar surface area (TPSA) is 104 Å². The predicted octanol–water partition coefficient (Wildman–Crippen LogP) is -0.362. The molecule has 23 heavy (non-hydrogen) atoms. The number of hydrogen-bond donors (Lipinski definition) is 3. The van der Waals surface area contributed by atoms with Gasteiger partial charge in [0.2, 0.25) is 21.8 Å². The maximum Gasteiger partial charge on any atom is 0.246 e. The molecule has 0 radical (unpaired) electrons. The Kier molecular flexibility index (Phi) is 5.26. The highest BCUT2D eigenvalue weighted by Gasteiger charge is 2.25. The SMILES string of the molecule is O=C(CNS(=O)(=O)c1c(F)cccc1F)NCC(=O)NC1CC1. The minimum Gasteiger partial charge on any atom is -0.352 e. The molecule has 2 rings (SSSR count). The van der Waals surface area contributed by atoms with Gasteiger partial charge in [-0.05, 0) is 25.0 Å². The molecular formula is C13H15F2N3O4S. The summed E-state index contributed by atoms with van der Waals surface area (Å²) in [6.45, 7) is -1.04. The second-order valence-corrected chi connectivity index (χ2v) is 6.70. The van der Waals surface area contributed by atoms with Crippen molar-refractivity contribution >= 4 is 21.8 Å². The third kappa shape index (κ3) is 4.96. The summed E-state index contributed by atoms with van der Waals surface area (Å²) in [7, 11) is -4.53. The zero-order valence-corrected chi connectivity index (χ0v) is 12.8. The van der Waals surface area contributed by atoms with Crippen LogP contribution in [0.4, 0.5) is 8.78 Å². The van der Waals surface area contributed by atoms with Gasteiger partial charge in [-0.2, -0.15) is 0 Å². The number of nitrogens with one attached hydrogen (secondary N) is 3. The monoisotopic (exact) mass is 347 g/mol. The van der Waals surface area contributed by atoms with E-state index in [0.717, 1.165) is 31.0 Å². The first-order valence-corrected chi connectivity index (χ1v) is 8.27. The highest BCUT2D eigenvalue weighted by molar-refractivity contribution is 7.89. The molecule has 10 heteroatoms. The van der Waals surface area contributed by atoms with E-state index >= 15 is 0 Å². The minimum atomic E-state index is -4.53. The molecule has 0 heterocycles. The van der Waals surface area contributed by atoms with Crippen LogP contribution in [-0.4, -0.2) is 39.4 Å². The minimum absolute atomic E-state index is 0.141. The third-order valence-electron chi connectivity index (χ3n) is 3.00. The molecule has 0 atom stereocenters. The smallest absolute Gasteiger partial charge is 0.246 e. The second kappa shape index (κ2) is 7.01. The summed E-state index contributed by atoms with van der Waals surface area (Å²) in [5, 5.41) is 4.83. The maximum atomic E-state index is 13.4. The van der Waals surface area contributed by atoms with Gasteiger partial charge in [-0.25, -0.2) is 21.9 Å². The molecule has 1 aliphatic rings. The van der Waals surface area contributed by atoms with Crippen LogP contribution >= 0.6 is 0 Å². The Hall–Kier alpha value is -2.07. The van der Waals surface area contributed by atoms with Crippen LogP contribution in [0.5, 0.6) is 0 Å². The van der Waals surface area contributed by atoms with E-state index in [1.165, 1.54) is 0 Å². The fourth-order valence-electron chi connectivity index (χ4n) is 1.72. The molecule has 0 saturated heterocycles. The Morgan fingerprint density at radius 1 is 1.09 bits per heavy atom. The van der Waals surface area contributed by atoms with Crippen molar-refractivity contribution in [2.24, 2.45) is 0 Å². The lowest BCUT2D eigenvalue weighted by Crippen LogP contribution is -2.42. The zero-order valence-electron chi connectivity index (χ0n) is 11.9. The molecular weight excluding hydrogens is 332 g/mol. The van der Waals surface area contributed by atoms with E-state index in [0.29, 0.717) is 0 Å². The Bertz CT molecular complexity index is 700. The summed E-state index contributed by atoms with van der Waals surface area (Å²) < 4.78 is 52.3. The van der Waals surface area contributed by atoms with Crippen LogP contribution in [-0.2, 0) is 19.6 Å². The average Bonchev–Trinajstić information content (AvgIpc) is 3.26. The van der Waals surface area contributed by atoms with E-state index < -0.39 is 39.0 Å². The number of carbonyl (C=O) groups excluding carboxylic acids is 2. The van der Waals surface area contributed by atoms with E-state index in [4.69, 9.17) is 0 Å². The molecule has 0 spiro atoms. The van der Waals surface area contributed by atoms with E-state index in [1.807, 2.05) is 0 Å². The molecule has 0 bridgehead atoms. The molecule has 7 nitrogen and oxygen atoms in total. The summed E-state index contributed by atoms with van der Waals surface area (Å²) >= 11 is 0. The van der Waals surface area contributed by atoms with Gasteiger partial charge in [-0.1, -0.05) is 6.07 Å². The van der Waals surface area contributed by atoms with Crippen LogP contribution in [0, 0.1) is 11.6 Å². The first kappa shape index (κ1) is 17.3. The second-order valence-electron chi connectivity index (χ2n) is 4.99. The van der Waals surface area contributed by atoms with Crippen LogP contribution < -0.4 is 15.4 Å². The van der Waals surface area contributed by atoms with Gasteiger partial charge in [0.05, 0.1) is 13.1 Å². The van der Waals surface area contributed by atoms with Crippen molar-refractivity contribution < 1.29 is 26.8 Å². The summed E-state index contributed by atoms with van der Waals surface area (Å²) in [6, 6.07) is 2.75. The molecule has 1 aromatic carbocycles. The van der Waals surface area contributed by atoms with Gasteiger partial charge in [-0.3, -0.25) is 9.59 Å². The normalized spacial score (nSPS) is 14.3. The van der Waals surface area contributed by atoms with E-state index in [1.54, 1.807) is 4.72 Å². The van der Waals surface area contributed by atoms with Crippen molar-refractivity contribution in [3.63, 3.8) is 0 Å². The number of halogens is 2. The maximum absolute atomic E-state index is 13.4. The zero-order chi connectivity index (χ0) is 17.0. The standard InChI is InChI=1S/C13H15F2N3O4S/c14-9-2-1-3-10(15)13(9)23(21,22)17-7-11(19)16-6-12(20)18-8-4-5-8/h1-3,8,17H,4-7H2,(H,16,19)(H,18,20). The highest BCUT2D eigenvalue weighted by atomic mass is 32.2. The van der Waals surface area contributed by atoms with Crippen LogP contribution in [0.1, 0.15) is 12.8 Å². The van der Waals surface area contributed by atoms with Crippen molar-refractivity contribution in [1.29, 1.82) is 0 Å². The largest absolute Gasteiger partial charge is 0.352 e. The van der Waals surface area contributed by atoms with E-state index in [2.05, 4.69) is 10.6 Å². The Morgan fingerprint density at radius 2 is 1.70 bits per heavy atom. The van der Waals surface area contributed by atoms with Gasteiger partial charge >= 0.3 is 0 Å². The number of benzene rings is 1. The van der Waals surface area contributed by atoms with Crippen molar-refractivity contribution in [1.82, 2.24) is 15.4 Å². The van der Waals surface area contributed by atoms with Gasteiger partial charge in [0.25, 0.3) is 0 Å². The molecule has 0 unspecified atom stereocenters. The summed E-state index contributed by atoms with van der Waals surface area (Å²) in [4.78, 5) is 21.7. The molecule has 0 aliphatic heterocycles. The van der Waals surface area contributed by atoms with Crippen molar-refractivity contribution in [2.45, 2.75) is 23.8 Å². The van der Waals surface area contributed by atoms with Gasteiger partial charge in [-0.15, -0.1) is 0 Å². The van der Waals surface area contributed by atoms with Crippen molar-refractivity contribution in [2.75, 3.05) is 13.1 Å². The highest BCUT2D eigenvalue weighted by Crippen LogP contribution is 2.18. The van der Waals surface area contributed by atoms with Crippen molar-refractivity contribution in [3.8, 4) is 0 Å². The lowest BCUT2D eigenvalue weighted by atomic mass is 10.3. The Morgan fingerprint density at radius 3 is 2.26 bits per heavy atom. The molecule has 1 saturated carbocycles. The Balaban J connectivity index is 1.86. The molecule has 1 aromatic rings. The number of rotatable bonds is 7. The lowest BCUT2D eigenvalue weighted by molar-refractivity contribution is -0.125. The molecule has 1 fully saturated rings. The number of hydrogen-bond acceptors (Lipinski definition) is 4. The summed E-state index contributed by atoms with van der Waals surface area (Å²) in [5.41, 5.74) is 0. The quantitative estimate of drug-likeness (QED) is 0.626. The fraction of sp³-hybridized carbons (Fsp3) is 0.385. The average molecular weight is 347 g/mol. The molecule has 1 aliphatic carbocycles. The molecule has 126 valence electrons. The fourth-order valence-corrected chi connectivity index (χ4v) is 2.83. The first-order valence-electron chi connectivity index (χ1n) is 6.79. The van der Waals surface area contributed by atoms with Crippen LogP contribution in [0.3, 0.4) is 0 Å². The van der Waals surface area contributed by atoms with Crippen molar-refractivity contribution in [3.05, 3.63) is 29.8 Å².